The fourth-order valence-corrected chi connectivity index (χ4v) is 5.42. The summed E-state index contributed by atoms with van der Waals surface area (Å²) in [6, 6.07) is 29.7. The molecule has 158 valence electrons. The third-order valence-electron chi connectivity index (χ3n) is 5.12. The Hall–Kier alpha value is -3.22. The van der Waals surface area contributed by atoms with Crippen LogP contribution in [0, 0.1) is 0 Å². The summed E-state index contributed by atoms with van der Waals surface area (Å²) in [5, 5.41) is 2.28. The van der Waals surface area contributed by atoms with E-state index >= 15 is 0 Å². The van der Waals surface area contributed by atoms with Crippen LogP contribution in [0.4, 0.5) is 11.4 Å². The maximum atomic E-state index is 13.1. The van der Waals surface area contributed by atoms with Crippen molar-refractivity contribution in [2.24, 2.45) is 0 Å². The summed E-state index contributed by atoms with van der Waals surface area (Å²) < 4.78 is 5.34. The summed E-state index contributed by atoms with van der Waals surface area (Å²) in [4.78, 5) is 30.1. The molecular weight excluding hydrogens is 438 g/mol. The number of nitrogens with zero attached hydrogens (tertiary/aromatic N) is 1. The van der Waals surface area contributed by atoms with Crippen LogP contribution in [0.25, 0.3) is 10.8 Å². The molecule has 4 aromatic rings. The van der Waals surface area contributed by atoms with Gasteiger partial charge in [-0.25, -0.2) is 0 Å². The monoisotopic (exact) mass is 457 g/mol. The van der Waals surface area contributed by atoms with Crippen molar-refractivity contribution in [3.63, 3.8) is 0 Å². The zero-order chi connectivity index (χ0) is 21.9. The molecule has 0 radical (unpaired) electrons. The third-order valence-corrected chi connectivity index (χ3v) is 7.21. The van der Waals surface area contributed by atoms with Crippen LogP contribution in [0.3, 0.4) is 0 Å². The molecule has 1 aliphatic heterocycles. The molecule has 0 unspecified atom stereocenters. The van der Waals surface area contributed by atoms with Crippen LogP contribution in [-0.4, -0.2) is 24.2 Å². The largest absolute Gasteiger partial charge is 0.455 e. The van der Waals surface area contributed by atoms with E-state index < -0.39 is 5.97 Å². The van der Waals surface area contributed by atoms with Crippen molar-refractivity contribution in [3.05, 3.63) is 91.0 Å². The van der Waals surface area contributed by atoms with Crippen molar-refractivity contribution < 1.29 is 14.3 Å². The lowest BCUT2D eigenvalue weighted by Crippen LogP contribution is -2.32. The minimum atomic E-state index is -0.413. The topological polar surface area (TPSA) is 46.6 Å². The van der Waals surface area contributed by atoms with E-state index in [1.54, 1.807) is 16.7 Å². The van der Waals surface area contributed by atoms with Crippen molar-refractivity contribution in [1.82, 2.24) is 0 Å². The van der Waals surface area contributed by atoms with Crippen LogP contribution in [0.1, 0.15) is 0 Å². The first-order valence-corrected chi connectivity index (χ1v) is 12.0. The number of para-hydroxylation sites is 2. The molecule has 0 fully saturated rings. The molecular formula is C26H19NO3S2. The molecule has 6 heteroatoms. The number of benzene rings is 4. The van der Waals surface area contributed by atoms with Gasteiger partial charge in [-0.2, -0.15) is 0 Å². The van der Waals surface area contributed by atoms with Gasteiger partial charge in [0.1, 0.15) is 0 Å². The zero-order valence-electron chi connectivity index (χ0n) is 17.1. The second kappa shape index (κ2) is 9.10. The number of anilines is 2. The first-order valence-electron chi connectivity index (χ1n) is 10.2. The first-order chi connectivity index (χ1) is 15.7. The highest BCUT2D eigenvalue weighted by Gasteiger charge is 2.28. The van der Waals surface area contributed by atoms with Crippen LogP contribution >= 0.6 is 23.5 Å². The Morgan fingerprint density at radius 3 is 2.12 bits per heavy atom. The molecule has 0 aromatic heterocycles. The average Bonchev–Trinajstić information content (AvgIpc) is 2.84. The Morgan fingerprint density at radius 2 is 1.41 bits per heavy atom. The highest BCUT2D eigenvalue weighted by Crippen LogP contribution is 2.47. The molecule has 5 rings (SSSR count). The average molecular weight is 458 g/mol. The predicted octanol–water partition coefficient (Wildman–Crippen LogP) is 6.30. The van der Waals surface area contributed by atoms with Crippen LogP contribution in [-0.2, 0) is 14.3 Å². The Bertz CT molecular complexity index is 1280. The molecule has 1 heterocycles. The predicted molar refractivity (Wildman–Crippen MR) is 130 cm³/mol. The lowest BCUT2D eigenvalue weighted by Gasteiger charge is -2.30. The SMILES string of the molecule is O=C(CSc1ccc2ccccc2c1)OCC(=O)N1c2ccccc2Sc2ccccc21. The van der Waals surface area contributed by atoms with E-state index in [0.29, 0.717) is 0 Å². The molecule has 4 nitrogen and oxygen atoms in total. The van der Waals surface area contributed by atoms with Crippen molar-refractivity contribution in [2.45, 2.75) is 14.7 Å². The van der Waals surface area contributed by atoms with Gasteiger partial charge in [0.15, 0.2) is 6.61 Å². The summed E-state index contributed by atoms with van der Waals surface area (Å²) >= 11 is 3.03. The maximum Gasteiger partial charge on any atom is 0.316 e. The number of amides is 1. The molecule has 0 aliphatic carbocycles. The quantitative estimate of drug-likeness (QED) is 0.260. The Labute approximate surface area is 194 Å². The van der Waals surface area contributed by atoms with E-state index in [2.05, 4.69) is 12.1 Å². The number of hydrogen-bond acceptors (Lipinski definition) is 5. The fourth-order valence-electron chi connectivity index (χ4n) is 3.62. The van der Waals surface area contributed by atoms with Crippen LogP contribution in [0.2, 0.25) is 0 Å². The summed E-state index contributed by atoms with van der Waals surface area (Å²) in [6.07, 6.45) is 0. The van der Waals surface area contributed by atoms with E-state index in [-0.39, 0.29) is 18.3 Å². The fraction of sp³-hybridized carbons (Fsp3) is 0.0769. The number of ether oxygens (including phenoxy) is 1. The van der Waals surface area contributed by atoms with Crippen molar-refractivity contribution >= 4 is 57.5 Å². The summed E-state index contributed by atoms with van der Waals surface area (Å²) in [5.41, 5.74) is 1.62. The maximum absolute atomic E-state index is 13.1. The Morgan fingerprint density at radius 1 is 0.781 bits per heavy atom. The molecule has 1 amide bonds. The van der Waals surface area contributed by atoms with Gasteiger partial charge in [0.05, 0.1) is 17.1 Å². The Kier molecular flexibility index (Phi) is 5.88. The van der Waals surface area contributed by atoms with Gasteiger partial charge in [-0.1, -0.05) is 66.4 Å². The molecule has 0 bridgehead atoms. The number of esters is 1. The van der Waals surface area contributed by atoms with E-state index in [0.717, 1.165) is 36.8 Å². The number of rotatable bonds is 5. The second-order valence-corrected chi connectivity index (χ2v) is 9.36. The second-order valence-electron chi connectivity index (χ2n) is 7.22. The molecule has 0 N–H and O–H groups in total. The van der Waals surface area contributed by atoms with Gasteiger partial charge >= 0.3 is 5.97 Å². The standard InChI is InChI=1S/C26H19NO3S2/c28-25(27-21-9-3-5-11-23(21)32-24-12-6-4-10-22(24)27)16-30-26(29)17-31-20-14-13-18-7-1-2-8-19(18)15-20/h1-15H,16-17H2. The van der Waals surface area contributed by atoms with Crippen molar-refractivity contribution in [1.29, 1.82) is 0 Å². The van der Waals surface area contributed by atoms with E-state index in [1.807, 2.05) is 78.9 Å². The minimum Gasteiger partial charge on any atom is -0.455 e. The molecule has 0 saturated heterocycles. The number of carbonyl (C=O) groups is 2. The van der Waals surface area contributed by atoms with E-state index in [4.69, 9.17) is 4.74 Å². The van der Waals surface area contributed by atoms with E-state index in [9.17, 15) is 9.59 Å². The Balaban J connectivity index is 1.24. The summed E-state index contributed by atoms with van der Waals surface area (Å²) in [5.74, 6) is -0.534. The minimum absolute atomic E-state index is 0.147. The zero-order valence-corrected chi connectivity index (χ0v) is 18.7. The van der Waals surface area contributed by atoms with Gasteiger partial charge in [0, 0.05) is 14.7 Å². The lowest BCUT2D eigenvalue weighted by molar-refractivity contribution is -0.144. The normalized spacial score (nSPS) is 12.2. The molecule has 0 spiro atoms. The third kappa shape index (κ3) is 4.24. The van der Waals surface area contributed by atoms with Gasteiger partial charge in [0.25, 0.3) is 5.91 Å². The molecule has 0 atom stereocenters. The number of hydrogen-bond donors (Lipinski definition) is 0. The smallest absolute Gasteiger partial charge is 0.316 e. The molecule has 1 aliphatic rings. The summed E-state index contributed by atoms with van der Waals surface area (Å²) in [7, 11) is 0. The van der Waals surface area contributed by atoms with Gasteiger partial charge in [-0.3, -0.25) is 14.5 Å². The van der Waals surface area contributed by atoms with Crippen molar-refractivity contribution in [2.75, 3.05) is 17.3 Å². The first kappa shape index (κ1) is 20.7. The molecule has 0 saturated carbocycles. The highest BCUT2D eigenvalue weighted by atomic mass is 32.2. The van der Waals surface area contributed by atoms with Crippen LogP contribution in [0.5, 0.6) is 0 Å². The number of fused-ring (bicyclic) bond motifs is 3. The lowest BCUT2D eigenvalue weighted by atomic mass is 10.1. The van der Waals surface area contributed by atoms with Crippen LogP contribution < -0.4 is 4.90 Å². The number of carbonyl (C=O) groups excluding carboxylic acids is 2. The van der Waals surface area contributed by atoms with Gasteiger partial charge in [0.2, 0.25) is 0 Å². The molecule has 4 aromatic carbocycles. The van der Waals surface area contributed by atoms with Crippen molar-refractivity contribution in [3.8, 4) is 0 Å². The van der Waals surface area contributed by atoms with Gasteiger partial charge in [-0.15, -0.1) is 11.8 Å². The molecule has 32 heavy (non-hydrogen) atoms. The van der Waals surface area contributed by atoms with Crippen LogP contribution in [0.15, 0.2) is 106 Å². The number of thioether (sulfide) groups is 1. The van der Waals surface area contributed by atoms with E-state index in [1.165, 1.54) is 11.8 Å². The highest BCUT2D eigenvalue weighted by molar-refractivity contribution is 8.00. The van der Waals surface area contributed by atoms with Gasteiger partial charge in [-0.05, 0) is 47.2 Å². The van der Waals surface area contributed by atoms with Gasteiger partial charge < -0.3 is 4.74 Å². The summed E-state index contributed by atoms with van der Waals surface area (Å²) in [6.45, 7) is -0.301.